The van der Waals surface area contributed by atoms with Crippen LogP contribution in [0.4, 0.5) is 17.6 Å². The van der Waals surface area contributed by atoms with Gasteiger partial charge < -0.3 is 4.74 Å². The molecule has 0 heterocycles. The van der Waals surface area contributed by atoms with Gasteiger partial charge in [0.15, 0.2) is 0 Å². The Morgan fingerprint density at radius 1 is 0.838 bits per heavy atom. The van der Waals surface area contributed by atoms with Gasteiger partial charge >= 0.3 is 6.36 Å². The van der Waals surface area contributed by atoms with Gasteiger partial charge in [-0.1, -0.05) is 81.6 Å². The van der Waals surface area contributed by atoms with E-state index in [9.17, 15) is 13.2 Å². The van der Waals surface area contributed by atoms with Gasteiger partial charge in [0, 0.05) is 10.9 Å². The highest BCUT2D eigenvalue weighted by Crippen LogP contribution is 2.39. The van der Waals surface area contributed by atoms with E-state index in [0.717, 1.165) is 11.3 Å². The summed E-state index contributed by atoms with van der Waals surface area (Å²) in [5.41, 5.74) is 2.02. The second-order valence-electron chi connectivity index (χ2n) is 10.2. The zero-order chi connectivity index (χ0) is 26.3. The summed E-state index contributed by atoms with van der Waals surface area (Å²) in [4.78, 5) is 0. The third-order valence-electron chi connectivity index (χ3n) is 7.44. The standard InChI is InChI=1S/C32H34F4O/c1-2-3-4-5-6-7-23-8-13-25(14-9-23)27-18-21-30-28(22-27)17-16-26(31(30)33)15-10-24-11-19-29(20-12-24)37-32(34,35)36/h11-12,16-23,25H,2-9,13-14H2,1H3. The van der Waals surface area contributed by atoms with Crippen LogP contribution in [0.15, 0.2) is 54.6 Å². The van der Waals surface area contributed by atoms with Crippen molar-refractivity contribution < 1.29 is 22.3 Å². The third-order valence-corrected chi connectivity index (χ3v) is 7.44. The molecule has 0 unspecified atom stereocenters. The van der Waals surface area contributed by atoms with Crippen molar-refractivity contribution in [3.63, 3.8) is 0 Å². The molecule has 0 atom stereocenters. The summed E-state index contributed by atoms with van der Waals surface area (Å²) in [5, 5.41) is 1.40. The van der Waals surface area contributed by atoms with Crippen molar-refractivity contribution in [1.29, 1.82) is 0 Å². The molecule has 1 aliphatic carbocycles. The van der Waals surface area contributed by atoms with Gasteiger partial charge in [0.05, 0.1) is 5.56 Å². The van der Waals surface area contributed by atoms with Gasteiger partial charge in [0.1, 0.15) is 11.6 Å². The normalized spacial score (nSPS) is 17.9. The Balaban J connectivity index is 1.38. The zero-order valence-electron chi connectivity index (χ0n) is 21.3. The largest absolute Gasteiger partial charge is 0.573 e. The second kappa shape index (κ2) is 12.5. The molecule has 37 heavy (non-hydrogen) atoms. The molecule has 1 saturated carbocycles. The van der Waals surface area contributed by atoms with Crippen LogP contribution < -0.4 is 4.74 Å². The number of hydrogen-bond donors (Lipinski definition) is 0. The van der Waals surface area contributed by atoms with E-state index in [1.54, 1.807) is 6.07 Å². The summed E-state index contributed by atoms with van der Waals surface area (Å²) in [6.07, 6.45) is 8.29. The second-order valence-corrected chi connectivity index (χ2v) is 10.2. The number of fused-ring (bicyclic) bond motifs is 1. The zero-order valence-corrected chi connectivity index (χ0v) is 21.3. The Morgan fingerprint density at radius 2 is 1.57 bits per heavy atom. The van der Waals surface area contributed by atoms with Gasteiger partial charge in [0.25, 0.3) is 0 Å². The fourth-order valence-corrected chi connectivity index (χ4v) is 5.36. The Kier molecular flexibility index (Phi) is 9.14. The van der Waals surface area contributed by atoms with Gasteiger partial charge in [-0.2, -0.15) is 0 Å². The number of ether oxygens (including phenoxy) is 1. The fraction of sp³-hybridized carbons (Fsp3) is 0.438. The molecule has 196 valence electrons. The van der Waals surface area contributed by atoms with Crippen LogP contribution in [0.2, 0.25) is 0 Å². The molecule has 0 radical (unpaired) electrons. The Bertz CT molecular complexity index is 1230. The minimum atomic E-state index is -4.74. The van der Waals surface area contributed by atoms with E-state index >= 15 is 4.39 Å². The van der Waals surface area contributed by atoms with Crippen molar-refractivity contribution in [1.82, 2.24) is 0 Å². The van der Waals surface area contributed by atoms with E-state index < -0.39 is 6.36 Å². The molecule has 0 aliphatic heterocycles. The topological polar surface area (TPSA) is 9.23 Å². The SMILES string of the molecule is CCCCCCCC1CCC(c2ccc3c(F)c(C#Cc4ccc(OC(F)(F)F)cc4)ccc3c2)CC1. The van der Waals surface area contributed by atoms with Crippen molar-refractivity contribution in [3.05, 3.63) is 77.1 Å². The number of hydrogen-bond acceptors (Lipinski definition) is 1. The Hall–Kier alpha value is -3.00. The lowest BCUT2D eigenvalue weighted by atomic mass is 9.76. The smallest absolute Gasteiger partial charge is 0.406 e. The molecule has 4 rings (SSSR count). The lowest BCUT2D eigenvalue weighted by Crippen LogP contribution is -2.16. The molecule has 0 amide bonds. The van der Waals surface area contributed by atoms with Crippen molar-refractivity contribution in [2.75, 3.05) is 0 Å². The van der Waals surface area contributed by atoms with Crippen molar-refractivity contribution in [2.45, 2.75) is 83.4 Å². The maximum Gasteiger partial charge on any atom is 0.573 e. The molecular weight excluding hydrogens is 476 g/mol. The maximum absolute atomic E-state index is 15.2. The number of unbranched alkanes of at least 4 members (excludes halogenated alkanes) is 4. The van der Waals surface area contributed by atoms with Crippen LogP contribution in [0.5, 0.6) is 5.75 Å². The highest BCUT2D eigenvalue weighted by atomic mass is 19.4. The quantitative estimate of drug-likeness (QED) is 0.166. The first-order valence-electron chi connectivity index (χ1n) is 13.4. The molecule has 0 N–H and O–H groups in total. The van der Waals surface area contributed by atoms with Gasteiger partial charge in [-0.25, -0.2) is 4.39 Å². The van der Waals surface area contributed by atoms with Gasteiger partial charge in [-0.05, 0) is 78.8 Å². The first-order chi connectivity index (χ1) is 17.8. The number of rotatable bonds is 8. The monoisotopic (exact) mass is 510 g/mol. The maximum atomic E-state index is 15.2. The van der Waals surface area contributed by atoms with Gasteiger partial charge in [-0.3, -0.25) is 0 Å². The van der Waals surface area contributed by atoms with E-state index in [4.69, 9.17) is 0 Å². The molecule has 3 aromatic rings. The van der Waals surface area contributed by atoms with Crippen LogP contribution >= 0.6 is 0 Å². The summed E-state index contributed by atoms with van der Waals surface area (Å²) in [7, 11) is 0. The van der Waals surface area contributed by atoms with Crippen LogP contribution in [-0.2, 0) is 0 Å². The molecule has 1 aliphatic rings. The van der Waals surface area contributed by atoms with Gasteiger partial charge in [0.2, 0.25) is 0 Å². The number of benzene rings is 3. The van der Waals surface area contributed by atoms with Crippen LogP contribution in [0.1, 0.15) is 93.7 Å². The summed E-state index contributed by atoms with van der Waals surface area (Å²) in [6.45, 7) is 2.25. The van der Waals surface area contributed by atoms with E-state index in [1.165, 1.54) is 94.0 Å². The average Bonchev–Trinajstić information content (AvgIpc) is 2.88. The van der Waals surface area contributed by atoms with Gasteiger partial charge in [-0.15, -0.1) is 13.2 Å². The average molecular weight is 511 g/mol. The van der Waals surface area contributed by atoms with Crippen LogP contribution in [0, 0.1) is 23.6 Å². The predicted octanol–water partition coefficient (Wildman–Crippen LogP) is 9.91. The third kappa shape index (κ3) is 7.74. The van der Waals surface area contributed by atoms with Crippen LogP contribution in [-0.4, -0.2) is 6.36 Å². The van der Waals surface area contributed by atoms with Crippen LogP contribution in [0.3, 0.4) is 0 Å². The molecule has 1 fully saturated rings. The molecule has 0 saturated heterocycles. The van der Waals surface area contributed by atoms with E-state index in [0.29, 0.717) is 16.9 Å². The van der Waals surface area contributed by atoms with Crippen molar-refractivity contribution in [2.24, 2.45) is 5.92 Å². The first-order valence-corrected chi connectivity index (χ1v) is 13.4. The van der Waals surface area contributed by atoms with E-state index in [2.05, 4.69) is 35.6 Å². The lowest BCUT2D eigenvalue weighted by molar-refractivity contribution is -0.274. The highest BCUT2D eigenvalue weighted by molar-refractivity contribution is 5.85. The van der Waals surface area contributed by atoms with Crippen molar-refractivity contribution in [3.8, 4) is 17.6 Å². The molecular formula is C32H34F4O. The summed E-state index contributed by atoms with van der Waals surface area (Å²) in [6, 6.07) is 14.8. The molecule has 0 spiro atoms. The van der Waals surface area contributed by atoms with E-state index in [1.807, 2.05) is 12.1 Å². The molecule has 5 heteroatoms. The summed E-state index contributed by atoms with van der Waals surface area (Å²) >= 11 is 0. The molecule has 0 aromatic heterocycles. The molecule has 0 bridgehead atoms. The summed E-state index contributed by atoms with van der Waals surface area (Å²) < 4.78 is 56.0. The minimum absolute atomic E-state index is 0.260. The highest BCUT2D eigenvalue weighted by Gasteiger charge is 2.31. The van der Waals surface area contributed by atoms with Crippen molar-refractivity contribution >= 4 is 10.8 Å². The van der Waals surface area contributed by atoms with E-state index in [-0.39, 0.29) is 17.1 Å². The summed E-state index contributed by atoms with van der Waals surface area (Å²) in [5.74, 6) is 6.33. The van der Waals surface area contributed by atoms with Crippen LogP contribution in [0.25, 0.3) is 10.8 Å². The molecule has 3 aromatic carbocycles. The Morgan fingerprint density at radius 3 is 2.27 bits per heavy atom. The first kappa shape index (κ1) is 27.0. The minimum Gasteiger partial charge on any atom is -0.406 e. The predicted molar refractivity (Wildman–Crippen MR) is 141 cm³/mol. The Labute approximate surface area is 217 Å². The number of alkyl halides is 3. The molecule has 1 nitrogen and oxygen atoms in total. The lowest BCUT2D eigenvalue weighted by Gasteiger charge is -2.29. The fourth-order valence-electron chi connectivity index (χ4n) is 5.36. The number of halogens is 4.